The second-order valence-corrected chi connectivity index (χ2v) is 4.64. The lowest BCUT2D eigenvalue weighted by molar-refractivity contribution is 0.000509. The third kappa shape index (κ3) is 7.33. The highest BCUT2D eigenvalue weighted by Gasteiger charge is 2.17. The molecule has 80 valence electrons. The van der Waals surface area contributed by atoms with Crippen molar-refractivity contribution in [3.63, 3.8) is 0 Å². The zero-order valence-electron chi connectivity index (χ0n) is 9.40. The largest absolute Gasteiger partial charge is 0.360 e. The van der Waals surface area contributed by atoms with E-state index in [1.807, 2.05) is 0 Å². The van der Waals surface area contributed by atoms with Gasteiger partial charge in [-0.15, -0.1) is 0 Å². The third-order valence-corrected chi connectivity index (χ3v) is 2.73. The van der Waals surface area contributed by atoms with Crippen LogP contribution in [0.5, 0.6) is 0 Å². The van der Waals surface area contributed by atoms with Gasteiger partial charge in [-0.1, -0.05) is 44.7 Å². The first-order valence-corrected chi connectivity index (χ1v) is 5.75. The van der Waals surface area contributed by atoms with E-state index in [-0.39, 0.29) is 5.60 Å². The van der Waals surface area contributed by atoms with Crippen molar-refractivity contribution in [2.24, 2.45) is 5.92 Å². The molecule has 1 atom stereocenters. The SMILES string of the molecule is CCC(C)CCCC(C)(C)OCCl. The van der Waals surface area contributed by atoms with Gasteiger partial charge in [0.25, 0.3) is 0 Å². The lowest BCUT2D eigenvalue weighted by Crippen LogP contribution is -2.23. The van der Waals surface area contributed by atoms with Crippen LogP contribution in [0.4, 0.5) is 0 Å². The number of halogens is 1. The number of hydrogen-bond donors (Lipinski definition) is 0. The molecule has 0 heterocycles. The van der Waals surface area contributed by atoms with Crippen LogP contribution in [0.25, 0.3) is 0 Å². The third-order valence-electron chi connectivity index (χ3n) is 2.62. The van der Waals surface area contributed by atoms with Crippen LogP contribution in [0.1, 0.15) is 53.4 Å². The highest BCUT2D eigenvalue weighted by atomic mass is 35.5. The van der Waals surface area contributed by atoms with Gasteiger partial charge in [0, 0.05) is 0 Å². The summed E-state index contributed by atoms with van der Waals surface area (Å²) in [5.41, 5.74) is -0.0464. The van der Waals surface area contributed by atoms with Crippen molar-refractivity contribution >= 4 is 11.6 Å². The molecular formula is C11H23ClO. The maximum absolute atomic E-state index is 5.53. The highest BCUT2D eigenvalue weighted by Crippen LogP contribution is 2.21. The summed E-state index contributed by atoms with van der Waals surface area (Å²) < 4.78 is 5.41. The van der Waals surface area contributed by atoms with Gasteiger partial charge in [0.1, 0.15) is 6.07 Å². The Kier molecular flexibility index (Phi) is 6.79. The monoisotopic (exact) mass is 206 g/mol. The van der Waals surface area contributed by atoms with Crippen LogP contribution < -0.4 is 0 Å². The molecule has 0 aliphatic heterocycles. The molecule has 2 heteroatoms. The van der Waals surface area contributed by atoms with Gasteiger partial charge < -0.3 is 4.74 Å². The van der Waals surface area contributed by atoms with Crippen LogP contribution in [0.3, 0.4) is 0 Å². The molecule has 0 saturated heterocycles. The standard InChI is InChI=1S/C11H23ClO/c1-5-10(2)7-6-8-11(3,4)13-9-12/h10H,5-9H2,1-4H3. The minimum atomic E-state index is -0.0464. The summed E-state index contributed by atoms with van der Waals surface area (Å²) in [6, 6.07) is 0.302. The van der Waals surface area contributed by atoms with E-state index in [0.29, 0.717) is 6.07 Å². The highest BCUT2D eigenvalue weighted by molar-refractivity contribution is 6.17. The number of rotatable bonds is 7. The zero-order valence-corrected chi connectivity index (χ0v) is 10.2. The van der Waals surface area contributed by atoms with E-state index in [9.17, 15) is 0 Å². The topological polar surface area (TPSA) is 9.23 Å². The average molecular weight is 207 g/mol. The molecule has 0 bridgehead atoms. The van der Waals surface area contributed by atoms with Gasteiger partial charge in [-0.05, 0) is 26.2 Å². The van der Waals surface area contributed by atoms with Crippen LogP contribution in [-0.4, -0.2) is 11.7 Å². The second kappa shape index (κ2) is 6.67. The summed E-state index contributed by atoms with van der Waals surface area (Å²) in [6.45, 7) is 8.75. The van der Waals surface area contributed by atoms with E-state index in [1.165, 1.54) is 19.3 Å². The van der Waals surface area contributed by atoms with Gasteiger partial charge in [0.05, 0.1) is 5.60 Å². The lowest BCUT2D eigenvalue weighted by Gasteiger charge is -2.24. The lowest BCUT2D eigenvalue weighted by atomic mass is 9.95. The molecule has 0 aliphatic carbocycles. The molecule has 0 aliphatic rings. The van der Waals surface area contributed by atoms with Crippen molar-refractivity contribution < 1.29 is 4.74 Å². The summed E-state index contributed by atoms with van der Waals surface area (Å²) >= 11 is 5.53. The Morgan fingerprint density at radius 2 is 2.00 bits per heavy atom. The number of hydrogen-bond acceptors (Lipinski definition) is 1. The molecule has 0 amide bonds. The molecule has 0 fully saturated rings. The van der Waals surface area contributed by atoms with Gasteiger partial charge in [-0.25, -0.2) is 0 Å². The molecule has 0 aromatic carbocycles. The molecule has 13 heavy (non-hydrogen) atoms. The fourth-order valence-electron chi connectivity index (χ4n) is 1.30. The summed E-state index contributed by atoms with van der Waals surface area (Å²) in [7, 11) is 0. The molecular weight excluding hydrogens is 184 g/mol. The second-order valence-electron chi connectivity index (χ2n) is 4.42. The predicted molar refractivity (Wildman–Crippen MR) is 59.2 cm³/mol. The first kappa shape index (κ1) is 13.2. The Balaban J connectivity index is 3.50. The molecule has 0 radical (unpaired) electrons. The molecule has 1 nitrogen and oxygen atoms in total. The van der Waals surface area contributed by atoms with Crippen molar-refractivity contribution in [1.82, 2.24) is 0 Å². The van der Waals surface area contributed by atoms with E-state index >= 15 is 0 Å². The molecule has 0 rings (SSSR count). The Morgan fingerprint density at radius 1 is 1.38 bits per heavy atom. The van der Waals surface area contributed by atoms with E-state index in [4.69, 9.17) is 16.3 Å². The van der Waals surface area contributed by atoms with Crippen molar-refractivity contribution in [3.05, 3.63) is 0 Å². The molecule has 0 aromatic heterocycles. The zero-order chi connectivity index (χ0) is 10.3. The molecule has 0 saturated carbocycles. The van der Waals surface area contributed by atoms with E-state index in [1.54, 1.807) is 0 Å². The number of ether oxygens (including phenoxy) is 1. The fraction of sp³-hybridized carbons (Fsp3) is 1.00. The van der Waals surface area contributed by atoms with Gasteiger partial charge in [0.15, 0.2) is 0 Å². The smallest absolute Gasteiger partial charge is 0.121 e. The first-order valence-electron chi connectivity index (χ1n) is 5.21. The Labute approximate surface area is 87.8 Å². The Hall–Kier alpha value is 0.250. The van der Waals surface area contributed by atoms with Gasteiger partial charge in [-0.3, -0.25) is 0 Å². The minimum Gasteiger partial charge on any atom is -0.360 e. The van der Waals surface area contributed by atoms with E-state index in [2.05, 4.69) is 27.7 Å². The summed E-state index contributed by atoms with van der Waals surface area (Å²) in [6.07, 6.45) is 4.91. The van der Waals surface area contributed by atoms with Gasteiger partial charge >= 0.3 is 0 Å². The molecule has 1 unspecified atom stereocenters. The van der Waals surface area contributed by atoms with Gasteiger partial charge in [0.2, 0.25) is 0 Å². The summed E-state index contributed by atoms with van der Waals surface area (Å²) in [4.78, 5) is 0. The average Bonchev–Trinajstić information content (AvgIpc) is 2.03. The van der Waals surface area contributed by atoms with Crippen molar-refractivity contribution in [3.8, 4) is 0 Å². The van der Waals surface area contributed by atoms with Gasteiger partial charge in [-0.2, -0.15) is 0 Å². The van der Waals surface area contributed by atoms with Crippen LogP contribution in [0.2, 0.25) is 0 Å². The fourth-order valence-corrected chi connectivity index (χ4v) is 1.60. The quantitative estimate of drug-likeness (QED) is 0.568. The Morgan fingerprint density at radius 3 is 2.46 bits per heavy atom. The van der Waals surface area contributed by atoms with Crippen molar-refractivity contribution in [2.75, 3.05) is 6.07 Å². The molecule has 0 aromatic rings. The normalized spacial score (nSPS) is 14.5. The maximum Gasteiger partial charge on any atom is 0.121 e. The van der Waals surface area contributed by atoms with Crippen LogP contribution >= 0.6 is 11.6 Å². The van der Waals surface area contributed by atoms with Crippen LogP contribution in [-0.2, 0) is 4.74 Å². The summed E-state index contributed by atoms with van der Waals surface area (Å²) in [5, 5.41) is 0. The van der Waals surface area contributed by atoms with Crippen molar-refractivity contribution in [1.29, 1.82) is 0 Å². The van der Waals surface area contributed by atoms with Crippen LogP contribution in [0.15, 0.2) is 0 Å². The number of alkyl halides is 1. The minimum absolute atomic E-state index is 0.0464. The van der Waals surface area contributed by atoms with E-state index < -0.39 is 0 Å². The Bertz CT molecular complexity index is 123. The summed E-state index contributed by atoms with van der Waals surface area (Å²) in [5.74, 6) is 0.840. The van der Waals surface area contributed by atoms with Crippen LogP contribution in [0, 0.1) is 5.92 Å². The molecule has 0 spiro atoms. The molecule has 0 N–H and O–H groups in total. The van der Waals surface area contributed by atoms with E-state index in [0.717, 1.165) is 12.3 Å². The maximum atomic E-state index is 5.53. The van der Waals surface area contributed by atoms with Crippen molar-refractivity contribution in [2.45, 2.75) is 59.0 Å². The predicted octanol–water partition coefficient (Wildman–Crippen LogP) is 4.19. The first-order chi connectivity index (χ1) is 6.02.